The Morgan fingerprint density at radius 3 is 2.48 bits per heavy atom. The summed E-state index contributed by atoms with van der Waals surface area (Å²) in [6, 6.07) is 8.22. The first kappa shape index (κ1) is 16.0. The van der Waals surface area contributed by atoms with Crippen molar-refractivity contribution >= 4 is 5.97 Å². The molecule has 0 amide bonds. The van der Waals surface area contributed by atoms with Crippen molar-refractivity contribution in [3.05, 3.63) is 29.8 Å². The van der Waals surface area contributed by atoms with Crippen molar-refractivity contribution in [1.82, 2.24) is 4.90 Å². The highest BCUT2D eigenvalue weighted by atomic mass is 16.5. The third kappa shape index (κ3) is 5.14. The summed E-state index contributed by atoms with van der Waals surface area (Å²) in [5.74, 6) is 0.282. The number of rotatable bonds is 6. The maximum Gasteiger partial charge on any atom is 0.308 e. The van der Waals surface area contributed by atoms with Gasteiger partial charge < -0.3 is 9.84 Å². The second kappa shape index (κ2) is 8.15. The number of hydrogen-bond acceptors (Lipinski definition) is 4. The van der Waals surface area contributed by atoms with Crippen LogP contribution in [0.4, 0.5) is 0 Å². The van der Waals surface area contributed by atoms with Gasteiger partial charge in [-0.2, -0.15) is 0 Å². The number of carbonyl (C=O) groups is 1. The molecule has 0 aromatic heterocycles. The van der Waals surface area contributed by atoms with Crippen molar-refractivity contribution in [2.75, 3.05) is 13.2 Å². The number of nitrogens with zero attached hydrogens (tertiary/aromatic N) is 1. The minimum Gasteiger partial charge on any atom is -0.427 e. The first-order valence-electron chi connectivity index (χ1n) is 7.81. The van der Waals surface area contributed by atoms with Gasteiger partial charge in [-0.15, -0.1) is 0 Å². The predicted molar refractivity (Wildman–Crippen MR) is 82.1 cm³/mol. The number of hydrogen-bond donors (Lipinski definition) is 1. The number of aliphatic hydroxyl groups is 1. The Morgan fingerprint density at radius 1 is 1.24 bits per heavy atom. The van der Waals surface area contributed by atoms with Gasteiger partial charge in [0, 0.05) is 26.1 Å². The van der Waals surface area contributed by atoms with Crippen LogP contribution in [0.2, 0.25) is 0 Å². The molecule has 1 aromatic rings. The highest BCUT2D eigenvalue weighted by molar-refractivity contribution is 5.69. The van der Waals surface area contributed by atoms with Crippen molar-refractivity contribution in [3.63, 3.8) is 0 Å². The maximum absolute atomic E-state index is 10.9. The summed E-state index contributed by atoms with van der Waals surface area (Å²) < 4.78 is 5.05. The Kier molecular flexibility index (Phi) is 6.21. The molecule has 4 nitrogen and oxygen atoms in total. The lowest BCUT2D eigenvalue weighted by Gasteiger charge is -2.34. The van der Waals surface area contributed by atoms with Crippen LogP contribution < -0.4 is 4.74 Å². The van der Waals surface area contributed by atoms with Gasteiger partial charge in [-0.25, -0.2) is 0 Å². The molecule has 0 aliphatic heterocycles. The Morgan fingerprint density at radius 2 is 1.90 bits per heavy atom. The fourth-order valence-corrected chi connectivity index (χ4v) is 3.03. The van der Waals surface area contributed by atoms with E-state index in [1.165, 1.54) is 44.6 Å². The van der Waals surface area contributed by atoms with Gasteiger partial charge in [-0.1, -0.05) is 31.4 Å². The van der Waals surface area contributed by atoms with Gasteiger partial charge >= 0.3 is 5.97 Å². The molecule has 1 aromatic carbocycles. The van der Waals surface area contributed by atoms with E-state index in [4.69, 9.17) is 4.74 Å². The molecule has 0 radical (unpaired) electrons. The predicted octanol–water partition coefficient (Wildman–Crippen LogP) is 2.74. The van der Waals surface area contributed by atoms with E-state index in [9.17, 15) is 9.90 Å². The van der Waals surface area contributed by atoms with E-state index in [-0.39, 0.29) is 12.6 Å². The average Bonchev–Trinajstić information content (AvgIpc) is 2.49. The van der Waals surface area contributed by atoms with Crippen molar-refractivity contribution in [2.24, 2.45) is 0 Å². The van der Waals surface area contributed by atoms with E-state index < -0.39 is 0 Å². The molecule has 21 heavy (non-hydrogen) atoms. The van der Waals surface area contributed by atoms with Crippen LogP contribution in [0.1, 0.15) is 44.6 Å². The summed E-state index contributed by atoms with van der Waals surface area (Å²) in [5.41, 5.74) is 1.19. The van der Waals surface area contributed by atoms with Gasteiger partial charge in [-0.3, -0.25) is 9.69 Å². The lowest BCUT2D eigenvalue weighted by atomic mass is 9.94. The Hall–Kier alpha value is -1.39. The highest BCUT2D eigenvalue weighted by Crippen LogP contribution is 2.24. The van der Waals surface area contributed by atoms with Crippen LogP contribution in [0.25, 0.3) is 0 Å². The monoisotopic (exact) mass is 291 g/mol. The van der Waals surface area contributed by atoms with Gasteiger partial charge in [0.25, 0.3) is 0 Å². The molecule has 0 spiro atoms. The quantitative estimate of drug-likeness (QED) is 0.647. The lowest BCUT2D eigenvalue weighted by molar-refractivity contribution is -0.131. The molecule has 2 rings (SSSR count). The lowest BCUT2D eigenvalue weighted by Crippen LogP contribution is -2.38. The molecule has 116 valence electrons. The molecule has 0 bridgehead atoms. The summed E-state index contributed by atoms with van der Waals surface area (Å²) in [6.07, 6.45) is 6.37. The molecule has 0 unspecified atom stereocenters. The molecular weight excluding hydrogens is 266 g/mol. The summed E-state index contributed by atoms with van der Waals surface area (Å²) in [4.78, 5) is 13.3. The smallest absolute Gasteiger partial charge is 0.308 e. The molecule has 1 aliphatic carbocycles. The molecule has 0 heterocycles. The van der Waals surface area contributed by atoms with Crippen LogP contribution in [0.3, 0.4) is 0 Å². The Labute approximate surface area is 126 Å². The molecule has 1 N–H and O–H groups in total. The Bertz CT molecular complexity index is 438. The highest BCUT2D eigenvalue weighted by Gasteiger charge is 2.20. The SMILES string of the molecule is CC(=O)Oc1ccc(CN(CCO)C2CCCCC2)cc1. The minimum absolute atomic E-state index is 0.196. The van der Waals surface area contributed by atoms with Crippen LogP contribution in [0, 0.1) is 0 Å². The fraction of sp³-hybridized carbons (Fsp3) is 0.588. The van der Waals surface area contributed by atoms with Crippen molar-refractivity contribution in [3.8, 4) is 5.75 Å². The number of carbonyl (C=O) groups excluding carboxylic acids is 1. The van der Waals surface area contributed by atoms with Crippen molar-refractivity contribution in [2.45, 2.75) is 51.6 Å². The molecule has 4 heteroatoms. The summed E-state index contributed by atoms with van der Waals surface area (Å²) in [7, 11) is 0. The zero-order valence-electron chi connectivity index (χ0n) is 12.8. The first-order valence-corrected chi connectivity index (χ1v) is 7.81. The topological polar surface area (TPSA) is 49.8 Å². The molecule has 1 fully saturated rings. The summed E-state index contributed by atoms with van der Waals surface area (Å²) in [6.45, 7) is 3.16. The molecule has 1 saturated carbocycles. The molecule has 0 atom stereocenters. The van der Waals surface area contributed by atoms with E-state index in [2.05, 4.69) is 4.90 Å². The zero-order chi connectivity index (χ0) is 15.1. The number of ether oxygens (including phenoxy) is 1. The number of benzene rings is 1. The summed E-state index contributed by atoms with van der Waals surface area (Å²) >= 11 is 0. The Balaban J connectivity index is 1.97. The van der Waals surface area contributed by atoms with E-state index in [1.807, 2.05) is 24.3 Å². The maximum atomic E-state index is 10.9. The van der Waals surface area contributed by atoms with E-state index in [1.54, 1.807) is 0 Å². The van der Waals surface area contributed by atoms with Gasteiger partial charge in [0.2, 0.25) is 0 Å². The van der Waals surface area contributed by atoms with E-state index >= 15 is 0 Å². The largest absolute Gasteiger partial charge is 0.427 e. The van der Waals surface area contributed by atoms with E-state index in [0.717, 1.165) is 13.1 Å². The minimum atomic E-state index is -0.299. The van der Waals surface area contributed by atoms with Gasteiger partial charge in [-0.05, 0) is 30.5 Å². The van der Waals surface area contributed by atoms with Crippen molar-refractivity contribution < 1.29 is 14.6 Å². The molecule has 1 aliphatic rings. The van der Waals surface area contributed by atoms with Gasteiger partial charge in [0.1, 0.15) is 5.75 Å². The second-order valence-corrected chi connectivity index (χ2v) is 5.72. The van der Waals surface area contributed by atoms with Crippen molar-refractivity contribution in [1.29, 1.82) is 0 Å². The first-order chi connectivity index (χ1) is 10.2. The van der Waals surface area contributed by atoms with Crippen LogP contribution in [0.5, 0.6) is 5.75 Å². The van der Waals surface area contributed by atoms with Crippen LogP contribution in [-0.4, -0.2) is 35.2 Å². The third-order valence-electron chi connectivity index (χ3n) is 4.05. The fourth-order valence-electron chi connectivity index (χ4n) is 3.03. The number of esters is 1. The normalized spacial score (nSPS) is 16.1. The van der Waals surface area contributed by atoms with Crippen LogP contribution >= 0.6 is 0 Å². The molecular formula is C17H25NO3. The molecule has 0 saturated heterocycles. The standard InChI is InChI=1S/C17H25NO3/c1-14(20)21-17-9-7-15(8-10-17)13-18(11-12-19)16-5-3-2-4-6-16/h7-10,16,19H,2-6,11-13H2,1H3. The third-order valence-corrected chi connectivity index (χ3v) is 4.05. The zero-order valence-corrected chi connectivity index (χ0v) is 12.8. The van der Waals surface area contributed by atoms with Gasteiger partial charge in [0.15, 0.2) is 0 Å². The van der Waals surface area contributed by atoms with E-state index in [0.29, 0.717) is 11.8 Å². The average molecular weight is 291 g/mol. The van der Waals surface area contributed by atoms with Crippen LogP contribution in [-0.2, 0) is 11.3 Å². The summed E-state index contributed by atoms with van der Waals surface area (Å²) in [5, 5.41) is 9.29. The second-order valence-electron chi connectivity index (χ2n) is 5.72. The van der Waals surface area contributed by atoms with Gasteiger partial charge in [0.05, 0.1) is 6.61 Å². The number of aliphatic hydroxyl groups excluding tert-OH is 1. The van der Waals surface area contributed by atoms with Crippen LogP contribution in [0.15, 0.2) is 24.3 Å².